The highest BCUT2D eigenvalue weighted by Gasteiger charge is 2.03. The molecule has 15 heavy (non-hydrogen) atoms. The van der Waals surface area contributed by atoms with Crippen molar-refractivity contribution < 1.29 is 0 Å². The molecule has 2 rings (SSSR count). The highest BCUT2D eigenvalue weighted by atomic mass is 79.9. The predicted molar refractivity (Wildman–Crippen MR) is 65.8 cm³/mol. The number of hydrogen-bond donors (Lipinski definition) is 1. The highest BCUT2D eigenvalue weighted by molar-refractivity contribution is 9.10. The average Bonchev–Trinajstić information content (AvgIpc) is 2.67. The molecule has 5 heteroatoms. The Kier molecular flexibility index (Phi) is 3.45. The fourth-order valence-electron chi connectivity index (χ4n) is 1.21. The quantitative estimate of drug-likeness (QED) is 0.941. The Morgan fingerprint density at radius 3 is 2.67 bits per heavy atom. The summed E-state index contributed by atoms with van der Waals surface area (Å²) in [7, 11) is 1.91. The van der Waals surface area contributed by atoms with Gasteiger partial charge in [0.15, 0.2) is 5.82 Å². The Hall–Kier alpha value is -0.780. The van der Waals surface area contributed by atoms with E-state index in [1.165, 1.54) is 0 Å². The maximum absolute atomic E-state index is 4.32. The maximum atomic E-state index is 4.32. The molecule has 0 bridgehead atoms. The first kappa shape index (κ1) is 10.7. The summed E-state index contributed by atoms with van der Waals surface area (Å²) in [5, 5.41) is 5.09. The molecule has 0 aliphatic rings. The van der Waals surface area contributed by atoms with Crippen LogP contribution in [0.3, 0.4) is 0 Å². The van der Waals surface area contributed by atoms with Crippen LogP contribution in [0.4, 0.5) is 0 Å². The van der Waals surface area contributed by atoms with Gasteiger partial charge in [0, 0.05) is 34.4 Å². The number of nitrogens with one attached hydrogen (secondary N) is 1. The maximum Gasteiger partial charge on any atom is 0.169 e. The van der Waals surface area contributed by atoms with Crippen molar-refractivity contribution in [3.8, 4) is 10.7 Å². The number of nitrogens with zero attached hydrogens (tertiary/aromatic N) is 2. The van der Waals surface area contributed by atoms with Crippen molar-refractivity contribution in [3.63, 3.8) is 0 Å². The molecule has 0 fully saturated rings. The molecule has 0 radical (unpaired) electrons. The monoisotopic (exact) mass is 283 g/mol. The normalized spacial score (nSPS) is 10.5. The van der Waals surface area contributed by atoms with Crippen molar-refractivity contribution in [2.45, 2.75) is 6.54 Å². The summed E-state index contributed by atoms with van der Waals surface area (Å²) < 4.78 is 1.07. The van der Waals surface area contributed by atoms with E-state index in [-0.39, 0.29) is 0 Å². The SMILES string of the molecule is CNCc1cnc(-c2cc(Br)cs2)nc1. The molecular weight excluding hydrogens is 274 g/mol. The van der Waals surface area contributed by atoms with Crippen molar-refractivity contribution >= 4 is 27.3 Å². The van der Waals surface area contributed by atoms with Gasteiger partial charge in [-0.3, -0.25) is 0 Å². The minimum atomic E-state index is 0.783. The lowest BCUT2D eigenvalue weighted by Crippen LogP contribution is -2.05. The summed E-state index contributed by atoms with van der Waals surface area (Å²) in [5.74, 6) is 0.783. The van der Waals surface area contributed by atoms with Gasteiger partial charge in [0.25, 0.3) is 0 Å². The summed E-state index contributed by atoms with van der Waals surface area (Å²) in [4.78, 5) is 9.72. The first-order valence-corrected chi connectivity index (χ1v) is 6.17. The summed E-state index contributed by atoms with van der Waals surface area (Å²) in [6, 6.07) is 2.03. The Bertz CT molecular complexity index is 438. The van der Waals surface area contributed by atoms with E-state index in [1.54, 1.807) is 11.3 Å². The lowest BCUT2D eigenvalue weighted by Gasteiger charge is -1.99. The molecule has 78 valence electrons. The number of rotatable bonds is 3. The van der Waals surface area contributed by atoms with Gasteiger partial charge in [-0.05, 0) is 29.0 Å². The first-order valence-electron chi connectivity index (χ1n) is 4.49. The largest absolute Gasteiger partial charge is 0.316 e. The van der Waals surface area contributed by atoms with Crippen molar-refractivity contribution in [1.82, 2.24) is 15.3 Å². The van der Waals surface area contributed by atoms with E-state index in [4.69, 9.17) is 0 Å². The van der Waals surface area contributed by atoms with Crippen molar-refractivity contribution in [3.05, 3.63) is 33.9 Å². The molecule has 1 N–H and O–H groups in total. The zero-order chi connectivity index (χ0) is 10.7. The molecule has 3 nitrogen and oxygen atoms in total. The third-order valence-corrected chi connectivity index (χ3v) is 3.56. The Morgan fingerprint density at radius 2 is 2.13 bits per heavy atom. The second-order valence-corrected chi connectivity index (χ2v) is 4.90. The van der Waals surface area contributed by atoms with Crippen LogP contribution in [0.5, 0.6) is 0 Å². The molecule has 0 unspecified atom stereocenters. The van der Waals surface area contributed by atoms with Crippen LogP contribution in [-0.2, 0) is 6.54 Å². The van der Waals surface area contributed by atoms with Gasteiger partial charge < -0.3 is 5.32 Å². The molecule has 2 heterocycles. The minimum absolute atomic E-state index is 0.783. The molecule has 0 spiro atoms. The third kappa shape index (κ3) is 2.62. The number of halogens is 1. The molecule has 0 aliphatic heterocycles. The minimum Gasteiger partial charge on any atom is -0.316 e. The van der Waals surface area contributed by atoms with E-state index < -0.39 is 0 Å². The van der Waals surface area contributed by atoms with E-state index in [9.17, 15) is 0 Å². The second-order valence-electron chi connectivity index (χ2n) is 3.07. The molecule has 0 aromatic carbocycles. The topological polar surface area (TPSA) is 37.8 Å². The van der Waals surface area contributed by atoms with E-state index in [1.807, 2.05) is 30.9 Å². The zero-order valence-corrected chi connectivity index (χ0v) is 10.6. The Balaban J connectivity index is 2.23. The molecule has 2 aromatic rings. The summed E-state index contributed by atoms with van der Waals surface area (Å²) in [5.41, 5.74) is 1.09. The standard InChI is InChI=1S/C10H10BrN3S/c1-12-3-7-4-13-10(14-5-7)9-2-8(11)6-15-9/h2,4-6,12H,3H2,1H3. The van der Waals surface area contributed by atoms with Crippen LogP contribution in [0.25, 0.3) is 10.7 Å². The summed E-state index contributed by atoms with van der Waals surface area (Å²) in [6.45, 7) is 0.800. The highest BCUT2D eigenvalue weighted by Crippen LogP contribution is 2.26. The number of aromatic nitrogens is 2. The van der Waals surface area contributed by atoms with Crippen LogP contribution in [0, 0.1) is 0 Å². The van der Waals surface area contributed by atoms with Crippen LogP contribution in [0.1, 0.15) is 5.56 Å². The molecule has 0 amide bonds. The van der Waals surface area contributed by atoms with Gasteiger partial charge in [0.2, 0.25) is 0 Å². The number of hydrogen-bond acceptors (Lipinski definition) is 4. The second kappa shape index (κ2) is 4.83. The van der Waals surface area contributed by atoms with Crippen molar-refractivity contribution in [1.29, 1.82) is 0 Å². The summed E-state index contributed by atoms with van der Waals surface area (Å²) in [6.07, 6.45) is 3.71. The van der Waals surface area contributed by atoms with Crippen molar-refractivity contribution in [2.24, 2.45) is 0 Å². The van der Waals surface area contributed by atoms with Crippen molar-refractivity contribution in [2.75, 3.05) is 7.05 Å². The first-order chi connectivity index (χ1) is 7.29. The van der Waals surface area contributed by atoms with Gasteiger partial charge in [0.1, 0.15) is 0 Å². The van der Waals surface area contributed by atoms with Crippen LogP contribution in [0.2, 0.25) is 0 Å². The molecule has 0 saturated heterocycles. The smallest absolute Gasteiger partial charge is 0.169 e. The van der Waals surface area contributed by atoms with Gasteiger partial charge in [-0.25, -0.2) is 9.97 Å². The van der Waals surface area contributed by atoms with Crippen LogP contribution in [-0.4, -0.2) is 17.0 Å². The lowest BCUT2D eigenvalue weighted by molar-refractivity contribution is 0.807. The molecule has 0 aliphatic carbocycles. The van der Waals surface area contributed by atoms with Gasteiger partial charge in [-0.15, -0.1) is 11.3 Å². The van der Waals surface area contributed by atoms with Gasteiger partial charge in [-0.1, -0.05) is 0 Å². The average molecular weight is 284 g/mol. The van der Waals surface area contributed by atoms with Gasteiger partial charge in [0.05, 0.1) is 4.88 Å². The molecule has 0 saturated carbocycles. The Morgan fingerprint density at radius 1 is 1.40 bits per heavy atom. The van der Waals surface area contributed by atoms with Crippen LogP contribution in [0.15, 0.2) is 28.3 Å². The van der Waals surface area contributed by atoms with Gasteiger partial charge in [-0.2, -0.15) is 0 Å². The lowest BCUT2D eigenvalue weighted by atomic mass is 10.3. The Labute approximate surface area is 101 Å². The fourth-order valence-corrected chi connectivity index (χ4v) is 2.58. The molecular formula is C10H10BrN3S. The van der Waals surface area contributed by atoms with E-state index in [2.05, 4.69) is 31.2 Å². The number of thiophene rings is 1. The molecule has 2 aromatic heterocycles. The van der Waals surface area contributed by atoms with Crippen LogP contribution >= 0.6 is 27.3 Å². The van der Waals surface area contributed by atoms with Gasteiger partial charge >= 0.3 is 0 Å². The van der Waals surface area contributed by atoms with Crippen LogP contribution < -0.4 is 5.32 Å². The van der Waals surface area contributed by atoms with E-state index in [0.717, 1.165) is 27.3 Å². The third-order valence-electron chi connectivity index (χ3n) is 1.87. The van der Waals surface area contributed by atoms with E-state index in [0.29, 0.717) is 0 Å². The molecule has 0 atom stereocenters. The van der Waals surface area contributed by atoms with E-state index >= 15 is 0 Å². The zero-order valence-electron chi connectivity index (χ0n) is 8.20. The fraction of sp³-hybridized carbons (Fsp3) is 0.200. The summed E-state index contributed by atoms with van der Waals surface area (Å²) >= 11 is 5.05. The predicted octanol–water partition coefficient (Wildman–Crippen LogP) is 2.69.